The van der Waals surface area contributed by atoms with E-state index in [4.69, 9.17) is 0 Å². The highest BCUT2D eigenvalue weighted by molar-refractivity contribution is 5.89. The molecule has 6 nitrogen and oxygen atoms in total. The molecule has 1 aliphatic heterocycles. The minimum Gasteiger partial charge on any atom is -0.345 e. The van der Waals surface area contributed by atoms with Gasteiger partial charge in [-0.05, 0) is 25.7 Å². The summed E-state index contributed by atoms with van der Waals surface area (Å²) >= 11 is 0. The topological polar surface area (TPSA) is 69.3 Å². The average molecular weight is 316 g/mol. The second-order valence-corrected chi connectivity index (χ2v) is 7.41. The Bertz CT molecular complexity index is 647. The van der Waals surface area contributed by atoms with Gasteiger partial charge in [-0.25, -0.2) is 4.98 Å². The third kappa shape index (κ3) is 2.64. The van der Waals surface area contributed by atoms with Crippen LogP contribution in [0.1, 0.15) is 56.2 Å². The number of imidazole rings is 1. The summed E-state index contributed by atoms with van der Waals surface area (Å²) in [7, 11) is 0. The first-order chi connectivity index (χ1) is 11.0. The van der Waals surface area contributed by atoms with E-state index in [1.54, 1.807) is 4.90 Å². The summed E-state index contributed by atoms with van der Waals surface area (Å²) in [6, 6.07) is 0.388. The van der Waals surface area contributed by atoms with Crippen LogP contribution < -0.4 is 0 Å². The Morgan fingerprint density at radius 2 is 2.09 bits per heavy atom. The maximum atomic E-state index is 12.8. The van der Waals surface area contributed by atoms with Crippen LogP contribution in [-0.2, 0) is 22.4 Å². The molecular formula is C17H24N4O2. The van der Waals surface area contributed by atoms with Gasteiger partial charge in [0, 0.05) is 30.0 Å². The summed E-state index contributed by atoms with van der Waals surface area (Å²) in [5.41, 5.74) is 2.23. The molecular weight excluding hydrogens is 292 g/mol. The number of carbonyl (C=O) groups excluding carboxylic acids is 2. The zero-order valence-corrected chi connectivity index (χ0v) is 13.8. The molecule has 0 bridgehead atoms. The Balaban J connectivity index is 1.44. The number of H-pyrrole nitrogens is 1. The molecule has 1 N–H and O–H groups in total. The van der Waals surface area contributed by atoms with Crippen LogP contribution in [0.3, 0.4) is 0 Å². The largest absolute Gasteiger partial charge is 0.345 e. The molecule has 2 fully saturated rings. The van der Waals surface area contributed by atoms with Crippen molar-refractivity contribution in [3.63, 3.8) is 0 Å². The van der Waals surface area contributed by atoms with Crippen LogP contribution in [0.2, 0.25) is 0 Å². The minimum absolute atomic E-state index is 0.0186. The van der Waals surface area contributed by atoms with E-state index in [9.17, 15) is 9.59 Å². The van der Waals surface area contributed by atoms with Crippen LogP contribution in [0.4, 0.5) is 0 Å². The second kappa shape index (κ2) is 5.35. The van der Waals surface area contributed by atoms with Gasteiger partial charge in [-0.15, -0.1) is 0 Å². The molecule has 1 saturated carbocycles. The molecule has 1 aromatic heterocycles. The number of carbonyl (C=O) groups is 2. The van der Waals surface area contributed by atoms with Crippen LogP contribution >= 0.6 is 0 Å². The maximum absolute atomic E-state index is 12.8. The molecule has 6 heteroatoms. The lowest BCUT2D eigenvalue weighted by Crippen LogP contribution is -2.38. The fourth-order valence-corrected chi connectivity index (χ4v) is 3.66. The summed E-state index contributed by atoms with van der Waals surface area (Å²) in [6.07, 6.45) is 4.59. The number of nitrogens with zero attached hydrogens (tertiary/aromatic N) is 3. The van der Waals surface area contributed by atoms with Gasteiger partial charge in [0.1, 0.15) is 12.4 Å². The van der Waals surface area contributed by atoms with Crippen LogP contribution in [0.15, 0.2) is 0 Å². The Morgan fingerprint density at radius 1 is 1.30 bits per heavy atom. The number of hydrogen-bond donors (Lipinski definition) is 1. The van der Waals surface area contributed by atoms with Crippen LogP contribution in [0.5, 0.6) is 0 Å². The molecule has 0 aromatic carbocycles. The number of amides is 2. The first-order valence-corrected chi connectivity index (χ1v) is 8.69. The van der Waals surface area contributed by atoms with Gasteiger partial charge < -0.3 is 14.8 Å². The lowest BCUT2D eigenvalue weighted by molar-refractivity contribution is -0.136. The Morgan fingerprint density at radius 3 is 2.78 bits per heavy atom. The molecule has 124 valence electrons. The van der Waals surface area contributed by atoms with Crippen molar-refractivity contribution in [2.24, 2.45) is 5.92 Å². The minimum atomic E-state index is -0.0186. The van der Waals surface area contributed by atoms with Crippen molar-refractivity contribution in [2.75, 3.05) is 13.2 Å². The number of aromatic amines is 1. The fraction of sp³-hybridized carbons (Fsp3) is 0.706. The predicted molar refractivity (Wildman–Crippen MR) is 84.6 cm³/mol. The number of fused-ring (bicyclic) bond motifs is 1. The van der Waals surface area contributed by atoms with Crippen LogP contribution in [0, 0.1) is 5.92 Å². The molecule has 2 amide bonds. The standard InChI is InChI=1S/C17H24N4O2/c1-10(2)16-18-13-6-3-11(7-14(13)19-16)17(23)20-8-15(22)21(9-20)12-4-5-12/h10-12H,3-9H2,1-2H3,(H,18,19). The highest BCUT2D eigenvalue weighted by atomic mass is 16.2. The molecule has 0 spiro atoms. The molecule has 4 rings (SSSR count). The lowest BCUT2D eigenvalue weighted by Gasteiger charge is -2.25. The van der Waals surface area contributed by atoms with Gasteiger partial charge >= 0.3 is 0 Å². The van der Waals surface area contributed by atoms with Gasteiger partial charge in [-0.2, -0.15) is 0 Å². The maximum Gasteiger partial charge on any atom is 0.243 e. The van der Waals surface area contributed by atoms with E-state index in [1.165, 1.54) is 0 Å². The van der Waals surface area contributed by atoms with Crippen molar-refractivity contribution in [1.82, 2.24) is 19.8 Å². The lowest BCUT2D eigenvalue weighted by atomic mass is 9.89. The van der Waals surface area contributed by atoms with Gasteiger partial charge in [0.25, 0.3) is 0 Å². The number of aromatic nitrogens is 2. The van der Waals surface area contributed by atoms with E-state index in [-0.39, 0.29) is 24.3 Å². The third-order valence-corrected chi connectivity index (χ3v) is 5.23. The Hall–Kier alpha value is -1.85. The summed E-state index contributed by atoms with van der Waals surface area (Å²) in [5, 5.41) is 0. The molecule has 0 radical (unpaired) electrons. The van der Waals surface area contributed by atoms with Crippen molar-refractivity contribution in [1.29, 1.82) is 0 Å². The first kappa shape index (κ1) is 14.7. The van der Waals surface area contributed by atoms with Crippen LogP contribution in [0.25, 0.3) is 0 Å². The van der Waals surface area contributed by atoms with Gasteiger partial charge in [0.2, 0.25) is 11.8 Å². The highest BCUT2D eigenvalue weighted by Gasteiger charge is 2.41. The highest BCUT2D eigenvalue weighted by Crippen LogP contribution is 2.31. The van der Waals surface area contributed by atoms with E-state index in [0.717, 1.165) is 49.3 Å². The summed E-state index contributed by atoms with van der Waals surface area (Å²) in [5.74, 6) is 1.61. The van der Waals surface area contributed by atoms with Gasteiger partial charge in [0.15, 0.2) is 0 Å². The molecule has 2 aliphatic carbocycles. The van der Waals surface area contributed by atoms with Crippen molar-refractivity contribution < 1.29 is 9.59 Å². The van der Waals surface area contributed by atoms with Crippen molar-refractivity contribution >= 4 is 11.8 Å². The first-order valence-electron chi connectivity index (χ1n) is 8.69. The van der Waals surface area contributed by atoms with Crippen molar-refractivity contribution in [3.8, 4) is 0 Å². The second-order valence-electron chi connectivity index (χ2n) is 7.41. The molecule has 3 aliphatic rings. The van der Waals surface area contributed by atoms with Crippen molar-refractivity contribution in [2.45, 2.75) is 57.9 Å². The third-order valence-electron chi connectivity index (χ3n) is 5.23. The van der Waals surface area contributed by atoms with Gasteiger partial charge in [-0.1, -0.05) is 13.8 Å². The fourth-order valence-electron chi connectivity index (χ4n) is 3.66. The molecule has 1 unspecified atom stereocenters. The predicted octanol–water partition coefficient (Wildman–Crippen LogP) is 1.43. The Labute approximate surface area is 136 Å². The quantitative estimate of drug-likeness (QED) is 0.917. The molecule has 23 heavy (non-hydrogen) atoms. The normalized spacial score (nSPS) is 24.5. The summed E-state index contributed by atoms with van der Waals surface area (Å²) < 4.78 is 0. The molecule has 1 aromatic rings. The van der Waals surface area contributed by atoms with E-state index in [0.29, 0.717) is 18.6 Å². The smallest absolute Gasteiger partial charge is 0.243 e. The zero-order chi connectivity index (χ0) is 16.1. The SMILES string of the molecule is CC(C)c1nc2c([nH]1)CC(C(=O)N1CC(=O)N(C3CC3)C1)CC2. The number of hydrogen-bond acceptors (Lipinski definition) is 3. The zero-order valence-electron chi connectivity index (χ0n) is 13.8. The molecule has 1 saturated heterocycles. The number of rotatable bonds is 3. The summed E-state index contributed by atoms with van der Waals surface area (Å²) in [4.78, 5) is 36.5. The number of aryl methyl sites for hydroxylation is 1. The van der Waals surface area contributed by atoms with E-state index >= 15 is 0 Å². The Kier molecular flexibility index (Phi) is 3.43. The van der Waals surface area contributed by atoms with E-state index < -0.39 is 0 Å². The van der Waals surface area contributed by atoms with Crippen molar-refractivity contribution in [3.05, 3.63) is 17.2 Å². The van der Waals surface area contributed by atoms with E-state index in [1.807, 2.05) is 4.90 Å². The average Bonchev–Trinajstić information content (AvgIpc) is 3.15. The van der Waals surface area contributed by atoms with Gasteiger partial charge in [-0.3, -0.25) is 9.59 Å². The van der Waals surface area contributed by atoms with Crippen LogP contribution in [-0.4, -0.2) is 50.8 Å². The number of nitrogens with one attached hydrogen (secondary N) is 1. The monoisotopic (exact) mass is 316 g/mol. The van der Waals surface area contributed by atoms with Gasteiger partial charge in [0.05, 0.1) is 12.4 Å². The van der Waals surface area contributed by atoms with E-state index in [2.05, 4.69) is 23.8 Å². The molecule has 1 atom stereocenters. The summed E-state index contributed by atoms with van der Waals surface area (Å²) in [6.45, 7) is 5.00. The molecule has 2 heterocycles.